The van der Waals surface area contributed by atoms with Gasteiger partial charge in [0.05, 0.1) is 18.5 Å². The molecule has 0 fully saturated rings. The van der Waals surface area contributed by atoms with Crippen LogP contribution >= 0.6 is 11.3 Å². The van der Waals surface area contributed by atoms with Gasteiger partial charge in [-0.1, -0.05) is 12.1 Å². The van der Waals surface area contributed by atoms with Gasteiger partial charge in [-0.05, 0) is 61.7 Å². The zero-order valence-corrected chi connectivity index (χ0v) is 16.7. The highest BCUT2D eigenvalue weighted by Gasteiger charge is 2.08. The summed E-state index contributed by atoms with van der Waals surface area (Å²) in [6, 6.07) is 11.6. The Bertz CT molecular complexity index is 1050. The molecule has 140 valence electrons. The molecule has 1 N–H and O–H groups in total. The summed E-state index contributed by atoms with van der Waals surface area (Å²) in [6.45, 7) is 6.58. The minimum atomic E-state index is 0.122. The normalized spacial score (nSPS) is 12.1. The lowest BCUT2D eigenvalue weighted by Gasteiger charge is -2.07. The first-order chi connectivity index (χ1) is 13.0. The number of nitrogens with zero attached hydrogens (tertiary/aromatic N) is 3. The molecule has 0 amide bonds. The molecule has 2 aromatic carbocycles. The number of thiazole rings is 1. The summed E-state index contributed by atoms with van der Waals surface area (Å²) in [6.07, 6.45) is 1.74. The van der Waals surface area contributed by atoms with Crippen LogP contribution in [0.2, 0.25) is 0 Å². The van der Waals surface area contributed by atoms with Gasteiger partial charge >= 0.3 is 0 Å². The number of aryl methyl sites for hydroxylation is 2. The largest absolute Gasteiger partial charge is 0.504 e. The predicted octanol–water partition coefficient (Wildman–Crippen LogP) is 4.35. The lowest BCUT2D eigenvalue weighted by atomic mass is 10.1. The number of aromatic hydroxyl groups is 1. The van der Waals surface area contributed by atoms with Crippen LogP contribution in [0, 0.1) is 13.8 Å². The maximum atomic E-state index is 9.85. The van der Waals surface area contributed by atoms with E-state index in [9.17, 15) is 5.11 Å². The third-order valence-electron chi connectivity index (χ3n) is 4.29. The molecule has 1 heterocycles. The Hall–Kier alpha value is -2.86. The molecular formula is C21H23N3O2S. The van der Waals surface area contributed by atoms with Crippen molar-refractivity contribution in [3.8, 4) is 22.8 Å². The van der Waals surface area contributed by atoms with Crippen molar-refractivity contribution in [3.63, 3.8) is 0 Å². The highest BCUT2D eigenvalue weighted by molar-refractivity contribution is 7.07. The molecule has 6 heteroatoms. The Morgan fingerprint density at radius 3 is 2.67 bits per heavy atom. The third-order valence-corrected chi connectivity index (χ3v) is 5.19. The van der Waals surface area contributed by atoms with Crippen LogP contribution in [0.25, 0.3) is 11.3 Å². The Labute approximate surface area is 162 Å². The van der Waals surface area contributed by atoms with Gasteiger partial charge < -0.3 is 9.84 Å². The zero-order valence-electron chi connectivity index (χ0n) is 15.9. The van der Waals surface area contributed by atoms with Gasteiger partial charge in [0.2, 0.25) is 4.80 Å². The van der Waals surface area contributed by atoms with E-state index in [4.69, 9.17) is 4.74 Å². The van der Waals surface area contributed by atoms with Gasteiger partial charge in [0.1, 0.15) is 0 Å². The van der Waals surface area contributed by atoms with Gasteiger partial charge in [0.15, 0.2) is 11.5 Å². The standard InChI is InChI=1S/C21H23N3O2S/c1-5-26-20-11-16(7-9-19(20)25)12-23-24-18(13-27-21(24)22-4)17-8-6-14(2)15(3)10-17/h6-13,25H,5H2,1-4H3. The Morgan fingerprint density at radius 2 is 1.96 bits per heavy atom. The average molecular weight is 382 g/mol. The first kappa shape index (κ1) is 18.9. The SMILES string of the molecule is CCOc1cc(C=Nn2c(-c3ccc(C)c(C)c3)csc2=NC)ccc1O. The van der Waals surface area contributed by atoms with E-state index in [-0.39, 0.29) is 5.75 Å². The average Bonchev–Trinajstić information content (AvgIpc) is 3.07. The van der Waals surface area contributed by atoms with E-state index >= 15 is 0 Å². The second kappa shape index (κ2) is 8.22. The number of hydrogen-bond acceptors (Lipinski definition) is 5. The minimum absolute atomic E-state index is 0.122. The van der Waals surface area contributed by atoms with Crippen LogP contribution in [0.3, 0.4) is 0 Å². The second-order valence-corrected chi connectivity index (χ2v) is 6.98. The van der Waals surface area contributed by atoms with Crippen LogP contribution < -0.4 is 9.54 Å². The first-order valence-electron chi connectivity index (χ1n) is 8.74. The summed E-state index contributed by atoms with van der Waals surface area (Å²) in [7, 11) is 1.76. The molecule has 0 atom stereocenters. The van der Waals surface area contributed by atoms with Crippen LogP contribution in [0.4, 0.5) is 0 Å². The smallest absolute Gasteiger partial charge is 0.205 e. The molecule has 5 nitrogen and oxygen atoms in total. The van der Waals surface area contributed by atoms with Crippen molar-refractivity contribution in [1.29, 1.82) is 0 Å². The van der Waals surface area contributed by atoms with Crippen LogP contribution in [0.15, 0.2) is 51.9 Å². The third kappa shape index (κ3) is 4.11. The van der Waals surface area contributed by atoms with E-state index in [1.807, 2.05) is 11.6 Å². The van der Waals surface area contributed by atoms with Crippen molar-refractivity contribution in [2.45, 2.75) is 20.8 Å². The lowest BCUT2D eigenvalue weighted by Crippen LogP contribution is -2.11. The molecule has 0 saturated carbocycles. The van der Waals surface area contributed by atoms with E-state index < -0.39 is 0 Å². The minimum Gasteiger partial charge on any atom is -0.504 e. The van der Waals surface area contributed by atoms with Crippen LogP contribution in [-0.2, 0) is 0 Å². The molecule has 3 rings (SSSR count). The molecule has 0 aliphatic carbocycles. The highest BCUT2D eigenvalue weighted by Crippen LogP contribution is 2.26. The van der Waals surface area contributed by atoms with E-state index in [0.717, 1.165) is 21.6 Å². The molecule has 0 bridgehead atoms. The monoisotopic (exact) mass is 381 g/mol. The second-order valence-electron chi connectivity index (χ2n) is 6.14. The number of rotatable bonds is 5. The Kier molecular flexibility index (Phi) is 5.76. The first-order valence-corrected chi connectivity index (χ1v) is 9.62. The van der Waals surface area contributed by atoms with Crippen molar-refractivity contribution >= 4 is 17.6 Å². The number of phenols is 1. The maximum Gasteiger partial charge on any atom is 0.205 e. The van der Waals surface area contributed by atoms with E-state index in [1.54, 1.807) is 42.8 Å². The van der Waals surface area contributed by atoms with Crippen molar-refractivity contribution in [3.05, 3.63) is 63.3 Å². The van der Waals surface area contributed by atoms with Gasteiger partial charge in [-0.15, -0.1) is 11.3 Å². The van der Waals surface area contributed by atoms with Gasteiger partial charge in [0, 0.05) is 18.0 Å². The molecule has 0 radical (unpaired) electrons. The van der Waals surface area contributed by atoms with Crippen molar-refractivity contribution in [2.75, 3.05) is 13.7 Å². The predicted molar refractivity (Wildman–Crippen MR) is 111 cm³/mol. The molecule has 27 heavy (non-hydrogen) atoms. The Balaban J connectivity index is 2.02. The fourth-order valence-corrected chi connectivity index (χ4v) is 3.47. The summed E-state index contributed by atoms with van der Waals surface area (Å²) in [4.78, 5) is 5.14. The van der Waals surface area contributed by atoms with Crippen molar-refractivity contribution < 1.29 is 9.84 Å². The molecule has 0 unspecified atom stereocenters. The number of hydrogen-bond donors (Lipinski definition) is 1. The quantitative estimate of drug-likeness (QED) is 0.668. The number of phenolic OH excluding ortho intramolecular Hbond substituents is 1. The van der Waals surface area contributed by atoms with Gasteiger partial charge in [-0.25, -0.2) is 4.68 Å². The molecule has 0 spiro atoms. The topological polar surface area (TPSA) is 59.1 Å². The Morgan fingerprint density at radius 1 is 1.15 bits per heavy atom. The zero-order chi connectivity index (χ0) is 19.4. The van der Waals surface area contributed by atoms with E-state index in [1.165, 1.54) is 11.1 Å². The summed E-state index contributed by atoms with van der Waals surface area (Å²) in [5.74, 6) is 0.573. The number of ether oxygens (including phenoxy) is 1. The van der Waals surface area contributed by atoms with E-state index in [0.29, 0.717) is 12.4 Å². The van der Waals surface area contributed by atoms with Crippen LogP contribution in [-0.4, -0.2) is 29.7 Å². The molecule has 0 saturated heterocycles. The van der Waals surface area contributed by atoms with Crippen LogP contribution in [0.1, 0.15) is 23.6 Å². The summed E-state index contributed by atoms with van der Waals surface area (Å²) in [5, 5.41) is 16.6. The summed E-state index contributed by atoms with van der Waals surface area (Å²) >= 11 is 1.55. The van der Waals surface area contributed by atoms with E-state index in [2.05, 4.69) is 47.5 Å². The molecule has 3 aromatic rings. The number of benzene rings is 2. The maximum absolute atomic E-state index is 9.85. The molecule has 0 aliphatic heterocycles. The van der Waals surface area contributed by atoms with Crippen molar-refractivity contribution in [1.82, 2.24) is 4.68 Å². The fraction of sp³-hybridized carbons (Fsp3) is 0.238. The molecule has 0 aliphatic rings. The molecule has 1 aromatic heterocycles. The fourth-order valence-electron chi connectivity index (χ4n) is 2.67. The summed E-state index contributed by atoms with van der Waals surface area (Å²) in [5.41, 5.74) is 5.43. The van der Waals surface area contributed by atoms with Gasteiger partial charge in [-0.2, -0.15) is 5.10 Å². The van der Waals surface area contributed by atoms with Crippen LogP contribution in [0.5, 0.6) is 11.5 Å². The van der Waals surface area contributed by atoms with Gasteiger partial charge in [-0.3, -0.25) is 4.99 Å². The molecular weight excluding hydrogens is 358 g/mol. The summed E-state index contributed by atoms with van der Waals surface area (Å²) < 4.78 is 7.28. The number of aromatic nitrogens is 1. The lowest BCUT2D eigenvalue weighted by molar-refractivity contribution is 0.318. The van der Waals surface area contributed by atoms with Crippen molar-refractivity contribution in [2.24, 2.45) is 10.1 Å². The van der Waals surface area contributed by atoms with Gasteiger partial charge in [0.25, 0.3) is 0 Å². The highest BCUT2D eigenvalue weighted by atomic mass is 32.1.